The minimum Gasteiger partial charge on any atom is -0.302 e. The molecule has 0 saturated carbocycles. The highest BCUT2D eigenvalue weighted by molar-refractivity contribution is 5.93. The van der Waals surface area contributed by atoms with Crippen LogP contribution in [0.4, 0.5) is 0 Å². The number of carbonyl (C=O) groups is 1. The van der Waals surface area contributed by atoms with Gasteiger partial charge in [-0.3, -0.25) is 15.2 Å². The fraction of sp³-hybridized carbons (Fsp3) is 0.125. The molecule has 0 fully saturated rings. The number of nitrogens with one attached hydrogen (secondary N) is 2. The van der Waals surface area contributed by atoms with Gasteiger partial charge in [-0.05, 0) is 30.2 Å². The molecule has 0 aliphatic carbocycles. The van der Waals surface area contributed by atoms with Gasteiger partial charge in [-0.25, -0.2) is 0 Å². The number of carbonyl (C=O) groups excluding carboxylic acids is 1. The third kappa shape index (κ3) is 3.95. The van der Waals surface area contributed by atoms with Gasteiger partial charge in [0.05, 0.1) is 5.56 Å². The lowest BCUT2D eigenvalue weighted by Crippen LogP contribution is -2.36. The van der Waals surface area contributed by atoms with Gasteiger partial charge in [-0.15, -0.1) is 0 Å². The lowest BCUT2D eigenvalue weighted by molar-refractivity contribution is 0.0938. The number of benzene rings is 1. The minimum atomic E-state index is -0.203. The van der Waals surface area contributed by atoms with Gasteiger partial charge in [0.15, 0.2) is 0 Å². The lowest BCUT2D eigenvalue weighted by atomic mass is 10.2. The molecule has 0 aliphatic rings. The predicted octanol–water partition coefficient (Wildman–Crippen LogP) is 2.77. The van der Waals surface area contributed by atoms with Crippen LogP contribution in [0.2, 0.25) is 0 Å². The van der Waals surface area contributed by atoms with Crippen LogP contribution < -0.4 is 10.9 Å². The van der Waals surface area contributed by atoms with Crippen LogP contribution in [0.15, 0.2) is 60.6 Å². The molecule has 1 aromatic heterocycles. The van der Waals surface area contributed by atoms with Gasteiger partial charge in [0.25, 0.3) is 5.91 Å². The molecule has 4 heteroatoms. The van der Waals surface area contributed by atoms with Crippen molar-refractivity contribution in [1.29, 1.82) is 0 Å². The van der Waals surface area contributed by atoms with Crippen molar-refractivity contribution in [2.45, 2.75) is 13.3 Å². The molecule has 102 valence electrons. The zero-order valence-electron chi connectivity index (χ0n) is 11.3. The van der Waals surface area contributed by atoms with E-state index in [2.05, 4.69) is 15.8 Å². The zero-order chi connectivity index (χ0) is 14.2. The predicted molar refractivity (Wildman–Crippen MR) is 79.5 cm³/mol. The van der Waals surface area contributed by atoms with Crippen LogP contribution >= 0.6 is 0 Å². The Morgan fingerprint density at radius 2 is 1.95 bits per heavy atom. The van der Waals surface area contributed by atoms with Crippen molar-refractivity contribution in [2.75, 3.05) is 0 Å². The summed E-state index contributed by atoms with van der Waals surface area (Å²) in [5.41, 5.74) is 8.17. The van der Waals surface area contributed by atoms with Crippen molar-refractivity contribution in [2.24, 2.45) is 0 Å². The van der Waals surface area contributed by atoms with Crippen LogP contribution in [-0.2, 0) is 0 Å². The quantitative estimate of drug-likeness (QED) is 0.819. The van der Waals surface area contributed by atoms with E-state index >= 15 is 0 Å². The molecule has 0 saturated heterocycles. The maximum absolute atomic E-state index is 11.9. The van der Waals surface area contributed by atoms with Gasteiger partial charge in [-0.2, -0.15) is 0 Å². The summed E-state index contributed by atoms with van der Waals surface area (Å²) in [6, 6.07) is 13.4. The number of hydrazine groups is 1. The topological polar surface area (TPSA) is 54.0 Å². The summed E-state index contributed by atoms with van der Waals surface area (Å²) in [5.74, 6) is -0.203. The van der Waals surface area contributed by atoms with E-state index in [-0.39, 0.29) is 5.91 Å². The maximum Gasteiger partial charge on any atom is 0.271 e. The smallest absolute Gasteiger partial charge is 0.271 e. The van der Waals surface area contributed by atoms with Crippen LogP contribution in [0.5, 0.6) is 0 Å². The van der Waals surface area contributed by atoms with Crippen molar-refractivity contribution in [3.63, 3.8) is 0 Å². The first-order chi connectivity index (χ1) is 9.79. The van der Waals surface area contributed by atoms with Gasteiger partial charge in [-0.1, -0.05) is 37.3 Å². The molecule has 1 heterocycles. The van der Waals surface area contributed by atoms with Crippen molar-refractivity contribution in [3.8, 4) is 0 Å². The third-order valence-electron chi connectivity index (χ3n) is 2.78. The lowest BCUT2D eigenvalue weighted by Gasteiger charge is -2.10. The molecular formula is C16H17N3O. The highest BCUT2D eigenvalue weighted by Gasteiger charge is 2.04. The number of amides is 1. The summed E-state index contributed by atoms with van der Waals surface area (Å²) >= 11 is 0. The van der Waals surface area contributed by atoms with Gasteiger partial charge < -0.3 is 5.43 Å². The summed E-state index contributed by atoms with van der Waals surface area (Å²) in [6.45, 7) is 2.03. The molecule has 4 nitrogen and oxygen atoms in total. The Bertz CT molecular complexity index is 579. The van der Waals surface area contributed by atoms with Crippen LogP contribution in [0.3, 0.4) is 0 Å². The van der Waals surface area contributed by atoms with Crippen LogP contribution in [0.1, 0.15) is 29.3 Å². The highest BCUT2D eigenvalue weighted by Crippen LogP contribution is 2.06. The molecule has 2 aromatic rings. The number of hydrogen-bond donors (Lipinski definition) is 2. The summed E-state index contributed by atoms with van der Waals surface area (Å²) in [5, 5.41) is 0. The molecule has 0 radical (unpaired) electrons. The van der Waals surface area contributed by atoms with E-state index in [1.54, 1.807) is 18.3 Å². The van der Waals surface area contributed by atoms with Gasteiger partial charge in [0.1, 0.15) is 0 Å². The number of nitrogens with zero attached hydrogens (tertiary/aromatic N) is 1. The summed E-state index contributed by atoms with van der Waals surface area (Å²) in [6.07, 6.45) is 5.96. The van der Waals surface area contributed by atoms with Gasteiger partial charge in [0, 0.05) is 18.1 Å². The Morgan fingerprint density at radius 1 is 1.15 bits per heavy atom. The van der Waals surface area contributed by atoms with Crippen LogP contribution in [0.25, 0.3) is 6.08 Å². The second kappa shape index (κ2) is 7.09. The number of aromatic nitrogens is 1. The summed E-state index contributed by atoms with van der Waals surface area (Å²) in [7, 11) is 0. The van der Waals surface area contributed by atoms with E-state index in [0.717, 1.165) is 17.7 Å². The fourth-order valence-corrected chi connectivity index (χ4v) is 1.68. The van der Waals surface area contributed by atoms with Crippen molar-refractivity contribution in [3.05, 3.63) is 71.7 Å². The zero-order valence-corrected chi connectivity index (χ0v) is 11.3. The van der Waals surface area contributed by atoms with E-state index in [0.29, 0.717) is 5.56 Å². The molecule has 0 unspecified atom stereocenters. The SMILES string of the molecule is CCC(=Cc1ccccc1)NNC(=O)c1cccnc1. The number of rotatable bonds is 5. The van der Waals surface area contributed by atoms with Crippen molar-refractivity contribution in [1.82, 2.24) is 15.8 Å². The standard InChI is InChI=1S/C16H17N3O/c1-2-15(11-13-7-4-3-5-8-13)18-19-16(20)14-9-6-10-17-12-14/h3-12,18H,2H2,1H3,(H,19,20). The molecule has 1 amide bonds. The third-order valence-corrected chi connectivity index (χ3v) is 2.78. The second-order valence-corrected chi connectivity index (χ2v) is 4.25. The first-order valence-electron chi connectivity index (χ1n) is 6.51. The average molecular weight is 267 g/mol. The molecule has 0 atom stereocenters. The van der Waals surface area contributed by atoms with E-state index < -0.39 is 0 Å². The molecule has 0 spiro atoms. The molecule has 2 N–H and O–H groups in total. The Labute approximate surface area is 118 Å². The number of allylic oxidation sites excluding steroid dienone is 1. The average Bonchev–Trinajstić information content (AvgIpc) is 2.53. The monoisotopic (exact) mass is 267 g/mol. The summed E-state index contributed by atoms with van der Waals surface area (Å²) < 4.78 is 0. The summed E-state index contributed by atoms with van der Waals surface area (Å²) in [4.78, 5) is 15.8. The largest absolute Gasteiger partial charge is 0.302 e. The molecular weight excluding hydrogens is 250 g/mol. The first kappa shape index (κ1) is 13.8. The van der Waals surface area contributed by atoms with Crippen LogP contribution in [0, 0.1) is 0 Å². The fourth-order valence-electron chi connectivity index (χ4n) is 1.68. The highest BCUT2D eigenvalue weighted by atomic mass is 16.2. The minimum absolute atomic E-state index is 0.203. The molecule has 20 heavy (non-hydrogen) atoms. The Kier molecular flexibility index (Phi) is 4.89. The second-order valence-electron chi connectivity index (χ2n) is 4.25. The van der Waals surface area contributed by atoms with E-state index in [1.807, 2.05) is 43.3 Å². The normalized spacial score (nSPS) is 10.9. The van der Waals surface area contributed by atoms with Crippen molar-refractivity contribution >= 4 is 12.0 Å². The Morgan fingerprint density at radius 3 is 2.60 bits per heavy atom. The molecule has 1 aromatic carbocycles. The molecule has 2 rings (SSSR count). The Balaban J connectivity index is 1.98. The van der Waals surface area contributed by atoms with Gasteiger partial charge >= 0.3 is 0 Å². The van der Waals surface area contributed by atoms with Crippen LogP contribution in [-0.4, -0.2) is 10.9 Å². The molecule has 0 bridgehead atoms. The number of hydrogen-bond acceptors (Lipinski definition) is 3. The molecule has 0 aliphatic heterocycles. The number of pyridine rings is 1. The maximum atomic E-state index is 11.9. The van der Waals surface area contributed by atoms with E-state index in [4.69, 9.17) is 0 Å². The van der Waals surface area contributed by atoms with E-state index in [1.165, 1.54) is 6.20 Å². The van der Waals surface area contributed by atoms with Crippen molar-refractivity contribution < 1.29 is 4.79 Å². The van der Waals surface area contributed by atoms with E-state index in [9.17, 15) is 4.79 Å². The Hall–Kier alpha value is -2.62. The van der Waals surface area contributed by atoms with Gasteiger partial charge in [0.2, 0.25) is 0 Å². The first-order valence-corrected chi connectivity index (χ1v) is 6.51.